The normalized spacial score (nSPS) is 34.5. The van der Waals surface area contributed by atoms with Crippen LogP contribution >= 0.6 is 0 Å². The molecule has 2 bridgehead atoms. The molecular formula is C14H23NO4. The number of carbonyl (C=O) groups excluding carboxylic acids is 1. The number of hydrogen-bond donors (Lipinski definition) is 1. The van der Waals surface area contributed by atoms with Gasteiger partial charge in [-0.05, 0) is 52.9 Å². The van der Waals surface area contributed by atoms with E-state index in [-0.39, 0.29) is 17.4 Å². The third-order valence-electron chi connectivity index (χ3n) is 4.36. The van der Waals surface area contributed by atoms with E-state index in [1.165, 1.54) is 0 Å². The van der Waals surface area contributed by atoms with Gasteiger partial charge in [0.2, 0.25) is 0 Å². The Labute approximate surface area is 113 Å². The standard InChI is InChI=1S/C14H23NO4/c1-5-19-11(16)10-9-6-7-14(8-9,12(17)18)15(10)13(2,3)4/h9-10H,5-8H2,1-4H3,(H,17,18)/t9-,10+,14+/m1/s1. The summed E-state index contributed by atoms with van der Waals surface area (Å²) in [5, 5.41) is 9.66. The Hall–Kier alpha value is -1.10. The Morgan fingerprint density at radius 2 is 2.05 bits per heavy atom. The lowest BCUT2D eigenvalue weighted by molar-refractivity contribution is -0.165. The number of carbonyl (C=O) groups is 2. The molecule has 19 heavy (non-hydrogen) atoms. The van der Waals surface area contributed by atoms with Gasteiger partial charge in [-0.3, -0.25) is 14.5 Å². The highest BCUT2D eigenvalue weighted by atomic mass is 16.5. The molecule has 1 saturated carbocycles. The van der Waals surface area contributed by atoms with E-state index in [2.05, 4.69) is 0 Å². The van der Waals surface area contributed by atoms with Gasteiger partial charge >= 0.3 is 11.9 Å². The van der Waals surface area contributed by atoms with Crippen LogP contribution in [0.3, 0.4) is 0 Å². The van der Waals surface area contributed by atoms with E-state index in [0.29, 0.717) is 19.4 Å². The molecule has 2 aliphatic rings. The van der Waals surface area contributed by atoms with Gasteiger partial charge in [-0.15, -0.1) is 0 Å². The number of carboxylic acid groups (broad SMARTS) is 1. The number of nitrogens with zero attached hydrogens (tertiary/aromatic N) is 1. The van der Waals surface area contributed by atoms with Gasteiger partial charge in [-0.1, -0.05) is 0 Å². The highest BCUT2D eigenvalue weighted by molar-refractivity contribution is 5.85. The lowest BCUT2D eigenvalue weighted by Crippen LogP contribution is -2.63. The molecule has 3 atom stereocenters. The van der Waals surface area contributed by atoms with Crippen molar-refractivity contribution in [3.8, 4) is 0 Å². The molecule has 5 heteroatoms. The molecule has 2 fully saturated rings. The second-order valence-electron chi connectivity index (χ2n) is 6.58. The van der Waals surface area contributed by atoms with Gasteiger partial charge in [0.05, 0.1) is 6.61 Å². The summed E-state index contributed by atoms with van der Waals surface area (Å²) in [5.41, 5.74) is -1.26. The third kappa shape index (κ3) is 2.04. The molecule has 1 N–H and O–H groups in total. The number of likely N-dealkylation sites (tertiary alicyclic amines) is 1. The van der Waals surface area contributed by atoms with E-state index in [4.69, 9.17) is 4.74 Å². The van der Waals surface area contributed by atoms with Gasteiger partial charge in [0, 0.05) is 5.54 Å². The maximum absolute atomic E-state index is 12.2. The summed E-state index contributed by atoms with van der Waals surface area (Å²) in [6.45, 7) is 8.00. The van der Waals surface area contributed by atoms with Gasteiger partial charge < -0.3 is 9.84 Å². The third-order valence-corrected chi connectivity index (χ3v) is 4.36. The van der Waals surface area contributed by atoms with Gasteiger partial charge in [-0.2, -0.15) is 0 Å². The summed E-state index contributed by atoms with van der Waals surface area (Å²) in [6.07, 6.45) is 1.98. The molecule has 1 heterocycles. The Bertz CT molecular complexity index is 401. The molecule has 0 aromatic rings. The average Bonchev–Trinajstić information content (AvgIpc) is 2.84. The molecule has 1 aliphatic heterocycles. The minimum absolute atomic E-state index is 0.106. The first-order chi connectivity index (χ1) is 8.74. The predicted molar refractivity (Wildman–Crippen MR) is 69.7 cm³/mol. The number of piperidine rings is 1. The van der Waals surface area contributed by atoms with Crippen molar-refractivity contribution in [1.82, 2.24) is 4.90 Å². The first-order valence-electron chi connectivity index (χ1n) is 6.93. The number of ether oxygens (including phenoxy) is 1. The molecule has 1 aliphatic carbocycles. The van der Waals surface area contributed by atoms with E-state index in [1.54, 1.807) is 6.92 Å². The lowest BCUT2D eigenvalue weighted by atomic mass is 9.88. The van der Waals surface area contributed by atoms with Crippen LogP contribution in [0.2, 0.25) is 0 Å². The zero-order valence-corrected chi connectivity index (χ0v) is 12.1. The molecule has 108 valence electrons. The maximum atomic E-state index is 12.2. The van der Waals surface area contributed by atoms with Crippen molar-refractivity contribution < 1.29 is 19.4 Å². The van der Waals surface area contributed by atoms with Crippen LogP contribution in [-0.4, -0.2) is 45.7 Å². The number of fused-ring (bicyclic) bond motifs is 2. The van der Waals surface area contributed by atoms with Crippen LogP contribution in [0.15, 0.2) is 0 Å². The van der Waals surface area contributed by atoms with Crippen LogP contribution in [0.25, 0.3) is 0 Å². The Morgan fingerprint density at radius 3 is 2.53 bits per heavy atom. The van der Waals surface area contributed by atoms with Crippen molar-refractivity contribution in [2.24, 2.45) is 5.92 Å². The largest absolute Gasteiger partial charge is 0.480 e. The zero-order valence-electron chi connectivity index (χ0n) is 12.1. The summed E-state index contributed by atoms with van der Waals surface area (Å²) in [7, 11) is 0. The number of aliphatic carboxylic acids is 1. The molecule has 0 radical (unpaired) electrons. The van der Waals surface area contributed by atoms with Crippen molar-refractivity contribution >= 4 is 11.9 Å². The van der Waals surface area contributed by atoms with Crippen LogP contribution in [0.5, 0.6) is 0 Å². The van der Waals surface area contributed by atoms with Crippen molar-refractivity contribution in [3.63, 3.8) is 0 Å². The van der Waals surface area contributed by atoms with Crippen LogP contribution in [0, 0.1) is 5.92 Å². The van der Waals surface area contributed by atoms with Crippen LogP contribution in [-0.2, 0) is 14.3 Å². The fourth-order valence-corrected chi connectivity index (χ4v) is 3.91. The second-order valence-corrected chi connectivity index (χ2v) is 6.58. The van der Waals surface area contributed by atoms with E-state index in [0.717, 1.165) is 6.42 Å². The molecule has 0 spiro atoms. The fourth-order valence-electron chi connectivity index (χ4n) is 3.91. The van der Waals surface area contributed by atoms with Gasteiger partial charge in [0.25, 0.3) is 0 Å². The van der Waals surface area contributed by atoms with Crippen molar-refractivity contribution in [3.05, 3.63) is 0 Å². The van der Waals surface area contributed by atoms with E-state index < -0.39 is 17.6 Å². The van der Waals surface area contributed by atoms with Crippen LogP contribution in [0.4, 0.5) is 0 Å². The first-order valence-corrected chi connectivity index (χ1v) is 6.93. The van der Waals surface area contributed by atoms with Gasteiger partial charge in [0.15, 0.2) is 0 Å². The fraction of sp³-hybridized carbons (Fsp3) is 0.857. The van der Waals surface area contributed by atoms with Crippen molar-refractivity contribution in [1.29, 1.82) is 0 Å². The van der Waals surface area contributed by atoms with E-state index in [9.17, 15) is 14.7 Å². The molecule has 2 rings (SSSR count). The Kier molecular flexibility index (Phi) is 3.37. The summed E-state index contributed by atoms with van der Waals surface area (Å²) in [4.78, 5) is 25.9. The summed E-state index contributed by atoms with van der Waals surface area (Å²) >= 11 is 0. The van der Waals surface area contributed by atoms with Gasteiger partial charge in [0.1, 0.15) is 11.6 Å². The van der Waals surface area contributed by atoms with Crippen molar-refractivity contribution in [2.75, 3.05) is 6.61 Å². The Balaban J connectivity index is 2.40. The van der Waals surface area contributed by atoms with Crippen LogP contribution < -0.4 is 0 Å². The number of esters is 1. The maximum Gasteiger partial charge on any atom is 0.324 e. The molecule has 1 saturated heterocycles. The second kappa shape index (κ2) is 4.47. The number of rotatable bonds is 3. The number of carboxylic acids is 1. The minimum atomic E-state index is -0.889. The van der Waals surface area contributed by atoms with E-state index >= 15 is 0 Å². The lowest BCUT2D eigenvalue weighted by Gasteiger charge is -2.47. The summed E-state index contributed by atoms with van der Waals surface area (Å²) in [6, 6.07) is -0.412. The highest BCUT2D eigenvalue weighted by Gasteiger charge is 2.65. The quantitative estimate of drug-likeness (QED) is 0.789. The van der Waals surface area contributed by atoms with E-state index in [1.807, 2.05) is 25.7 Å². The first kappa shape index (κ1) is 14.3. The molecule has 0 aromatic carbocycles. The summed E-state index contributed by atoms with van der Waals surface area (Å²) < 4.78 is 5.16. The topological polar surface area (TPSA) is 66.8 Å². The molecule has 5 nitrogen and oxygen atoms in total. The highest BCUT2D eigenvalue weighted by Crippen LogP contribution is 2.53. The summed E-state index contributed by atoms with van der Waals surface area (Å²) in [5.74, 6) is -0.976. The minimum Gasteiger partial charge on any atom is -0.480 e. The average molecular weight is 269 g/mol. The van der Waals surface area contributed by atoms with Crippen molar-refractivity contribution in [2.45, 2.75) is 64.1 Å². The monoisotopic (exact) mass is 269 g/mol. The van der Waals surface area contributed by atoms with Crippen LogP contribution in [0.1, 0.15) is 47.0 Å². The smallest absolute Gasteiger partial charge is 0.324 e. The predicted octanol–water partition coefficient (Wildman–Crippen LogP) is 1.66. The molecule has 0 amide bonds. The zero-order chi connectivity index (χ0) is 14.4. The molecular weight excluding hydrogens is 246 g/mol. The molecule has 0 aromatic heterocycles. The van der Waals surface area contributed by atoms with Gasteiger partial charge in [-0.25, -0.2) is 0 Å². The Morgan fingerprint density at radius 1 is 1.42 bits per heavy atom. The SMILES string of the molecule is CCOC(=O)[C@@H]1[C@@H]2CC[C@@](C(=O)O)(C2)N1C(C)(C)C. The molecule has 0 unspecified atom stereocenters. The number of hydrogen-bond acceptors (Lipinski definition) is 4.